The molecule has 0 atom stereocenters. The molecule has 2 aromatic rings. The fourth-order valence-electron chi connectivity index (χ4n) is 2.20. The molecule has 0 saturated heterocycles. The number of aromatic nitrogens is 1. The van der Waals surface area contributed by atoms with Crippen molar-refractivity contribution in [2.75, 3.05) is 6.54 Å². The maximum atomic E-state index is 11.2. The second kappa shape index (κ2) is 4.59. The summed E-state index contributed by atoms with van der Waals surface area (Å²) in [5, 5.41) is 10.1. The minimum absolute atomic E-state index is 0.370. The van der Waals surface area contributed by atoms with Gasteiger partial charge in [-0.05, 0) is 37.1 Å². The van der Waals surface area contributed by atoms with Gasteiger partial charge in [0.2, 0.25) is 0 Å². The minimum atomic E-state index is -0.879. The summed E-state index contributed by atoms with van der Waals surface area (Å²) in [5.41, 5.74) is 7.89. The van der Waals surface area contributed by atoms with Gasteiger partial charge < -0.3 is 15.4 Å². The van der Waals surface area contributed by atoms with Crippen molar-refractivity contribution in [3.8, 4) is 0 Å². The maximum Gasteiger partial charge on any atom is 0.336 e. The molecule has 90 valence electrons. The number of carboxylic acids is 1. The van der Waals surface area contributed by atoms with Gasteiger partial charge >= 0.3 is 5.97 Å². The van der Waals surface area contributed by atoms with Crippen LogP contribution in [0.25, 0.3) is 10.9 Å². The van der Waals surface area contributed by atoms with Gasteiger partial charge in [0.15, 0.2) is 0 Å². The van der Waals surface area contributed by atoms with Gasteiger partial charge in [-0.25, -0.2) is 4.79 Å². The fraction of sp³-hybridized carbons (Fsp3) is 0.308. The van der Waals surface area contributed by atoms with E-state index >= 15 is 0 Å². The van der Waals surface area contributed by atoms with Gasteiger partial charge in [0.25, 0.3) is 0 Å². The Morgan fingerprint density at radius 1 is 1.47 bits per heavy atom. The topological polar surface area (TPSA) is 68.2 Å². The van der Waals surface area contributed by atoms with Gasteiger partial charge in [-0.2, -0.15) is 0 Å². The summed E-state index contributed by atoms with van der Waals surface area (Å²) in [7, 11) is 1.93. The predicted octanol–water partition coefficient (Wildman–Crippen LogP) is 1.77. The Morgan fingerprint density at radius 2 is 2.24 bits per heavy atom. The Bertz CT molecular complexity index is 558. The van der Waals surface area contributed by atoms with E-state index in [9.17, 15) is 9.90 Å². The fourth-order valence-corrected chi connectivity index (χ4v) is 2.20. The van der Waals surface area contributed by atoms with Crippen molar-refractivity contribution in [1.82, 2.24) is 4.57 Å². The van der Waals surface area contributed by atoms with Gasteiger partial charge in [0.1, 0.15) is 0 Å². The number of hydrogen-bond acceptors (Lipinski definition) is 2. The van der Waals surface area contributed by atoms with Gasteiger partial charge in [-0.15, -0.1) is 0 Å². The van der Waals surface area contributed by atoms with E-state index in [0.29, 0.717) is 12.1 Å². The average Bonchev–Trinajstić information content (AvgIpc) is 2.64. The quantitative estimate of drug-likeness (QED) is 0.844. The number of carbonyl (C=O) groups is 1. The first-order chi connectivity index (χ1) is 8.15. The zero-order valence-corrected chi connectivity index (χ0v) is 9.81. The van der Waals surface area contributed by atoms with Crippen molar-refractivity contribution in [3.05, 3.63) is 35.5 Å². The van der Waals surface area contributed by atoms with E-state index < -0.39 is 5.97 Å². The highest BCUT2D eigenvalue weighted by Crippen LogP contribution is 2.25. The SMILES string of the molecule is Cn1cc(CCCN)c2c(C(=O)O)cccc21. The van der Waals surface area contributed by atoms with Gasteiger partial charge in [-0.1, -0.05) is 6.07 Å². The molecule has 1 aromatic carbocycles. The van der Waals surface area contributed by atoms with Crippen molar-refractivity contribution >= 4 is 16.9 Å². The number of carboxylic acid groups (broad SMARTS) is 1. The summed E-state index contributed by atoms with van der Waals surface area (Å²) >= 11 is 0. The zero-order valence-electron chi connectivity index (χ0n) is 9.81. The predicted molar refractivity (Wildman–Crippen MR) is 67.3 cm³/mol. The largest absolute Gasteiger partial charge is 0.478 e. The molecule has 0 spiro atoms. The van der Waals surface area contributed by atoms with Gasteiger partial charge in [0.05, 0.1) is 5.56 Å². The molecule has 0 amide bonds. The van der Waals surface area contributed by atoms with Crippen molar-refractivity contribution in [1.29, 1.82) is 0 Å². The summed E-state index contributed by atoms with van der Waals surface area (Å²) < 4.78 is 1.97. The average molecular weight is 232 g/mol. The van der Waals surface area contributed by atoms with E-state index in [1.165, 1.54) is 0 Å². The molecule has 0 bridgehead atoms. The summed E-state index contributed by atoms with van der Waals surface area (Å²) in [5.74, 6) is -0.879. The monoisotopic (exact) mass is 232 g/mol. The number of nitrogens with zero attached hydrogens (tertiary/aromatic N) is 1. The molecule has 17 heavy (non-hydrogen) atoms. The van der Waals surface area contributed by atoms with E-state index in [2.05, 4.69) is 0 Å². The molecular formula is C13H16N2O2. The van der Waals surface area contributed by atoms with Gasteiger partial charge in [-0.3, -0.25) is 0 Å². The van der Waals surface area contributed by atoms with Crippen LogP contribution >= 0.6 is 0 Å². The van der Waals surface area contributed by atoms with Crippen molar-refractivity contribution < 1.29 is 9.90 Å². The van der Waals surface area contributed by atoms with Crippen LogP contribution in [0.2, 0.25) is 0 Å². The number of aromatic carboxylic acids is 1. The van der Waals surface area contributed by atoms with Crippen LogP contribution in [-0.4, -0.2) is 22.2 Å². The molecule has 0 radical (unpaired) electrons. The standard InChI is InChI=1S/C13H16N2O2/c1-15-8-9(4-3-7-14)12-10(13(16)17)5-2-6-11(12)15/h2,5-6,8H,3-4,7,14H2,1H3,(H,16,17). The molecule has 4 nitrogen and oxygen atoms in total. The normalized spacial score (nSPS) is 10.9. The third-order valence-electron chi connectivity index (χ3n) is 2.97. The Morgan fingerprint density at radius 3 is 2.88 bits per heavy atom. The van der Waals surface area contributed by atoms with Crippen LogP contribution in [-0.2, 0) is 13.5 Å². The minimum Gasteiger partial charge on any atom is -0.478 e. The second-order valence-electron chi connectivity index (χ2n) is 4.16. The Kier molecular flexibility index (Phi) is 3.15. The van der Waals surface area contributed by atoms with Crippen molar-refractivity contribution in [2.45, 2.75) is 12.8 Å². The third kappa shape index (κ3) is 2.03. The number of benzene rings is 1. The van der Waals surface area contributed by atoms with E-state index in [0.717, 1.165) is 29.3 Å². The van der Waals surface area contributed by atoms with Gasteiger partial charge in [0, 0.05) is 24.1 Å². The molecule has 0 unspecified atom stereocenters. The Hall–Kier alpha value is -1.81. The van der Waals surface area contributed by atoms with E-state index in [-0.39, 0.29) is 0 Å². The summed E-state index contributed by atoms with van der Waals surface area (Å²) in [6.45, 7) is 0.617. The van der Waals surface area contributed by atoms with Crippen LogP contribution in [0.5, 0.6) is 0 Å². The molecule has 0 aliphatic rings. The first kappa shape index (κ1) is 11.7. The van der Waals surface area contributed by atoms with Crippen molar-refractivity contribution in [2.24, 2.45) is 12.8 Å². The number of aryl methyl sites for hydroxylation is 2. The summed E-state index contributed by atoms with van der Waals surface area (Å²) in [6, 6.07) is 5.36. The Labute approximate surface area is 99.7 Å². The maximum absolute atomic E-state index is 11.2. The van der Waals surface area contributed by atoms with Crippen molar-refractivity contribution in [3.63, 3.8) is 0 Å². The van der Waals surface area contributed by atoms with Crippen LogP contribution in [0, 0.1) is 0 Å². The highest BCUT2D eigenvalue weighted by atomic mass is 16.4. The third-order valence-corrected chi connectivity index (χ3v) is 2.97. The molecule has 2 rings (SSSR count). The molecule has 4 heteroatoms. The van der Waals surface area contributed by atoms with Crippen LogP contribution < -0.4 is 5.73 Å². The van der Waals surface area contributed by atoms with Crippen LogP contribution in [0.15, 0.2) is 24.4 Å². The number of fused-ring (bicyclic) bond motifs is 1. The molecule has 0 aliphatic heterocycles. The highest BCUT2D eigenvalue weighted by molar-refractivity contribution is 6.04. The van der Waals surface area contributed by atoms with Crippen LogP contribution in [0.1, 0.15) is 22.3 Å². The van der Waals surface area contributed by atoms with Crippen LogP contribution in [0.3, 0.4) is 0 Å². The highest BCUT2D eigenvalue weighted by Gasteiger charge is 2.14. The molecule has 1 aromatic heterocycles. The molecule has 0 saturated carbocycles. The first-order valence-electron chi connectivity index (χ1n) is 5.65. The Balaban J connectivity index is 2.63. The van der Waals surface area contributed by atoms with E-state index in [1.807, 2.05) is 23.9 Å². The number of rotatable bonds is 4. The lowest BCUT2D eigenvalue weighted by Crippen LogP contribution is -2.01. The van der Waals surface area contributed by atoms with E-state index in [4.69, 9.17) is 5.73 Å². The molecule has 1 heterocycles. The number of hydrogen-bond donors (Lipinski definition) is 2. The van der Waals surface area contributed by atoms with E-state index in [1.54, 1.807) is 12.1 Å². The zero-order chi connectivity index (χ0) is 12.4. The lowest BCUT2D eigenvalue weighted by Gasteiger charge is -2.02. The molecule has 3 N–H and O–H groups in total. The smallest absolute Gasteiger partial charge is 0.336 e. The molecule has 0 aliphatic carbocycles. The molecular weight excluding hydrogens is 216 g/mol. The lowest BCUT2D eigenvalue weighted by atomic mass is 10.0. The first-order valence-corrected chi connectivity index (χ1v) is 5.65. The summed E-state index contributed by atoms with van der Waals surface area (Å²) in [6.07, 6.45) is 3.68. The summed E-state index contributed by atoms with van der Waals surface area (Å²) in [4.78, 5) is 11.2. The second-order valence-corrected chi connectivity index (χ2v) is 4.16. The van der Waals surface area contributed by atoms with Crippen LogP contribution in [0.4, 0.5) is 0 Å². The molecule has 0 fully saturated rings. The number of nitrogens with two attached hydrogens (primary N) is 1. The lowest BCUT2D eigenvalue weighted by molar-refractivity contribution is 0.0699.